The van der Waals surface area contributed by atoms with Crippen LogP contribution >= 0.6 is 0 Å². The Labute approximate surface area is 74.1 Å². The summed E-state index contributed by atoms with van der Waals surface area (Å²) in [5.74, 6) is 0. The van der Waals surface area contributed by atoms with Gasteiger partial charge in [-0.05, 0) is 38.6 Å². The molecular weight excluding hydrogens is 146 g/mol. The molecule has 1 aromatic carbocycles. The summed E-state index contributed by atoms with van der Waals surface area (Å²) in [6, 6.07) is 8.26. The molecule has 0 atom stereocenters. The maximum absolute atomic E-state index is 3.25. The van der Waals surface area contributed by atoms with E-state index in [0.717, 1.165) is 0 Å². The largest absolute Gasteiger partial charge is 0.362 e. The van der Waals surface area contributed by atoms with Gasteiger partial charge >= 0.3 is 0 Å². The highest BCUT2D eigenvalue weighted by Gasteiger charge is 1.91. The predicted molar refractivity (Wildman–Crippen MR) is 54.2 cm³/mol. The standard InChI is InChI=1S/C11H15N/c1-9(2)8-12-11-7-5-4-6-10(11)3/h4-8,12H,1-3H3. The van der Waals surface area contributed by atoms with Crippen molar-refractivity contribution < 1.29 is 0 Å². The van der Waals surface area contributed by atoms with Gasteiger partial charge in [0.1, 0.15) is 0 Å². The van der Waals surface area contributed by atoms with Crippen LogP contribution in [0.4, 0.5) is 5.69 Å². The second-order valence-corrected chi connectivity index (χ2v) is 3.18. The van der Waals surface area contributed by atoms with Gasteiger partial charge in [0.05, 0.1) is 0 Å². The average Bonchev–Trinajstić information content (AvgIpc) is 2.03. The van der Waals surface area contributed by atoms with E-state index in [1.165, 1.54) is 16.8 Å². The van der Waals surface area contributed by atoms with Gasteiger partial charge in [0.2, 0.25) is 0 Å². The number of nitrogens with one attached hydrogen (secondary N) is 1. The summed E-state index contributed by atoms with van der Waals surface area (Å²) >= 11 is 0. The topological polar surface area (TPSA) is 12.0 Å². The van der Waals surface area contributed by atoms with Crippen LogP contribution in [0, 0.1) is 6.92 Å². The van der Waals surface area contributed by atoms with Crippen LogP contribution in [-0.4, -0.2) is 0 Å². The van der Waals surface area contributed by atoms with Gasteiger partial charge in [-0.2, -0.15) is 0 Å². The minimum Gasteiger partial charge on any atom is -0.362 e. The molecule has 1 N–H and O–H groups in total. The Hall–Kier alpha value is -1.24. The zero-order valence-electron chi connectivity index (χ0n) is 7.89. The van der Waals surface area contributed by atoms with Crippen LogP contribution in [0.1, 0.15) is 19.4 Å². The molecule has 0 bridgehead atoms. The molecule has 0 saturated heterocycles. The van der Waals surface area contributed by atoms with Gasteiger partial charge in [0, 0.05) is 5.69 Å². The van der Waals surface area contributed by atoms with Gasteiger partial charge in [-0.3, -0.25) is 0 Å². The maximum Gasteiger partial charge on any atom is 0.0409 e. The van der Waals surface area contributed by atoms with Crippen molar-refractivity contribution >= 4 is 5.69 Å². The molecule has 0 heterocycles. The lowest BCUT2D eigenvalue weighted by molar-refractivity contribution is 1.35. The Kier molecular flexibility index (Phi) is 2.92. The monoisotopic (exact) mass is 161 g/mol. The van der Waals surface area contributed by atoms with Crippen LogP contribution in [0.15, 0.2) is 36.0 Å². The van der Waals surface area contributed by atoms with Crippen LogP contribution in [0.25, 0.3) is 0 Å². The molecule has 0 aliphatic heterocycles. The summed E-state index contributed by atoms with van der Waals surface area (Å²) in [5.41, 5.74) is 3.73. The quantitative estimate of drug-likeness (QED) is 0.701. The van der Waals surface area contributed by atoms with Crippen LogP contribution < -0.4 is 5.32 Å². The molecule has 0 radical (unpaired) electrons. The Bertz CT molecular complexity index is 283. The van der Waals surface area contributed by atoms with Gasteiger partial charge in [-0.25, -0.2) is 0 Å². The minimum atomic E-state index is 1.18. The first kappa shape index (κ1) is 8.85. The molecule has 0 unspecified atom stereocenters. The lowest BCUT2D eigenvalue weighted by Crippen LogP contribution is -1.90. The Morgan fingerprint density at radius 1 is 1.25 bits per heavy atom. The van der Waals surface area contributed by atoms with E-state index in [9.17, 15) is 0 Å². The molecule has 12 heavy (non-hydrogen) atoms. The summed E-state index contributed by atoms with van der Waals surface area (Å²) in [5, 5.41) is 3.25. The van der Waals surface area contributed by atoms with Crippen molar-refractivity contribution in [2.45, 2.75) is 20.8 Å². The lowest BCUT2D eigenvalue weighted by atomic mass is 10.2. The van der Waals surface area contributed by atoms with Gasteiger partial charge in [0.25, 0.3) is 0 Å². The van der Waals surface area contributed by atoms with Gasteiger partial charge in [0.15, 0.2) is 0 Å². The third-order valence-electron chi connectivity index (χ3n) is 1.66. The van der Waals surface area contributed by atoms with Crippen molar-refractivity contribution in [1.82, 2.24) is 0 Å². The third-order valence-corrected chi connectivity index (χ3v) is 1.66. The van der Waals surface area contributed by atoms with Crippen LogP contribution in [0.5, 0.6) is 0 Å². The molecule has 1 aromatic rings. The first-order valence-corrected chi connectivity index (χ1v) is 4.15. The molecule has 1 nitrogen and oxygen atoms in total. The number of hydrogen-bond donors (Lipinski definition) is 1. The zero-order chi connectivity index (χ0) is 8.97. The summed E-state index contributed by atoms with van der Waals surface area (Å²) in [7, 11) is 0. The molecule has 0 spiro atoms. The van der Waals surface area contributed by atoms with E-state index < -0.39 is 0 Å². The smallest absolute Gasteiger partial charge is 0.0409 e. The van der Waals surface area contributed by atoms with Crippen LogP contribution in [-0.2, 0) is 0 Å². The van der Waals surface area contributed by atoms with Crippen molar-refractivity contribution in [1.29, 1.82) is 0 Å². The Morgan fingerprint density at radius 3 is 2.50 bits per heavy atom. The fraction of sp³-hybridized carbons (Fsp3) is 0.273. The van der Waals surface area contributed by atoms with Gasteiger partial charge < -0.3 is 5.32 Å². The lowest BCUT2D eigenvalue weighted by Gasteiger charge is -2.04. The second kappa shape index (κ2) is 3.96. The first-order valence-electron chi connectivity index (χ1n) is 4.15. The number of anilines is 1. The molecule has 0 saturated carbocycles. The number of para-hydroxylation sites is 1. The summed E-state index contributed by atoms with van der Waals surface area (Å²) in [4.78, 5) is 0. The van der Waals surface area contributed by atoms with Crippen molar-refractivity contribution in [2.24, 2.45) is 0 Å². The Morgan fingerprint density at radius 2 is 1.92 bits per heavy atom. The molecular formula is C11H15N. The normalized spacial score (nSPS) is 9.25. The van der Waals surface area contributed by atoms with E-state index in [1.807, 2.05) is 18.3 Å². The highest BCUT2D eigenvalue weighted by Crippen LogP contribution is 2.13. The number of hydrogen-bond acceptors (Lipinski definition) is 1. The van der Waals surface area contributed by atoms with E-state index in [0.29, 0.717) is 0 Å². The summed E-state index contributed by atoms with van der Waals surface area (Å²) in [6.07, 6.45) is 2.02. The fourth-order valence-corrected chi connectivity index (χ4v) is 0.957. The van der Waals surface area contributed by atoms with Crippen LogP contribution in [0.2, 0.25) is 0 Å². The van der Waals surface area contributed by atoms with Gasteiger partial charge in [-0.1, -0.05) is 23.8 Å². The predicted octanol–water partition coefficient (Wildman–Crippen LogP) is 3.33. The molecule has 0 aromatic heterocycles. The second-order valence-electron chi connectivity index (χ2n) is 3.18. The van der Waals surface area contributed by atoms with Gasteiger partial charge in [-0.15, -0.1) is 0 Å². The number of benzene rings is 1. The number of rotatable bonds is 2. The molecule has 0 fully saturated rings. The van der Waals surface area contributed by atoms with Crippen molar-refractivity contribution in [3.8, 4) is 0 Å². The number of allylic oxidation sites excluding steroid dienone is 1. The summed E-state index contributed by atoms with van der Waals surface area (Å²) in [6.45, 7) is 6.25. The SMILES string of the molecule is CC(C)=CNc1ccccc1C. The molecule has 64 valence electrons. The van der Waals surface area contributed by atoms with E-state index >= 15 is 0 Å². The zero-order valence-corrected chi connectivity index (χ0v) is 7.89. The van der Waals surface area contributed by atoms with E-state index in [-0.39, 0.29) is 0 Å². The summed E-state index contributed by atoms with van der Waals surface area (Å²) < 4.78 is 0. The third kappa shape index (κ3) is 2.42. The Balaban J connectivity index is 2.76. The molecule has 1 heteroatoms. The average molecular weight is 161 g/mol. The number of aryl methyl sites for hydroxylation is 1. The highest BCUT2D eigenvalue weighted by atomic mass is 14.8. The minimum absolute atomic E-state index is 1.18. The van der Waals surface area contributed by atoms with Crippen LogP contribution in [0.3, 0.4) is 0 Å². The molecule has 0 amide bonds. The molecule has 1 rings (SSSR count). The van der Waals surface area contributed by atoms with Crippen molar-refractivity contribution in [3.63, 3.8) is 0 Å². The highest BCUT2D eigenvalue weighted by molar-refractivity contribution is 5.52. The van der Waals surface area contributed by atoms with E-state index in [1.54, 1.807) is 0 Å². The first-order chi connectivity index (χ1) is 5.70. The molecule has 0 aliphatic carbocycles. The fourth-order valence-electron chi connectivity index (χ4n) is 0.957. The van der Waals surface area contributed by atoms with Crippen molar-refractivity contribution in [2.75, 3.05) is 5.32 Å². The van der Waals surface area contributed by atoms with E-state index in [4.69, 9.17) is 0 Å². The molecule has 0 aliphatic rings. The van der Waals surface area contributed by atoms with E-state index in [2.05, 4.69) is 38.2 Å². The van der Waals surface area contributed by atoms with Crippen molar-refractivity contribution in [3.05, 3.63) is 41.6 Å². The maximum atomic E-state index is 3.25.